The van der Waals surface area contributed by atoms with Gasteiger partial charge < -0.3 is 19.5 Å². The van der Waals surface area contributed by atoms with Gasteiger partial charge in [-0.1, -0.05) is 24.3 Å². The number of carbonyl (C=O) groups is 1. The first-order chi connectivity index (χ1) is 13.1. The third kappa shape index (κ3) is 4.92. The molecule has 1 fully saturated rings. The van der Waals surface area contributed by atoms with Gasteiger partial charge in [0, 0.05) is 37.9 Å². The fourth-order valence-corrected chi connectivity index (χ4v) is 3.41. The maximum atomic E-state index is 10.8. The number of hydrogen-bond donors (Lipinski definition) is 1. The Hall–Kier alpha value is -2.73. The maximum absolute atomic E-state index is 10.8. The molecule has 6 heteroatoms. The monoisotopic (exact) mass is 370 g/mol. The van der Waals surface area contributed by atoms with Gasteiger partial charge in [0.25, 0.3) is 0 Å². The smallest absolute Gasteiger partial charge is 0.341 e. The predicted molar refractivity (Wildman–Crippen MR) is 105 cm³/mol. The first-order valence-electron chi connectivity index (χ1n) is 9.12. The molecule has 0 radical (unpaired) electrons. The van der Waals surface area contributed by atoms with Gasteiger partial charge in [-0.15, -0.1) is 0 Å². The van der Waals surface area contributed by atoms with Gasteiger partial charge in [-0.3, -0.25) is 4.90 Å². The van der Waals surface area contributed by atoms with Crippen LogP contribution >= 0.6 is 0 Å². The number of carboxylic acid groups (broad SMARTS) is 1. The average molecular weight is 370 g/mol. The summed E-state index contributed by atoms with van der Waals surface area (Å²) in [7, 11) is 1.55. The normalized spacial score (nSPS) is 17.6. The van der Waals surface area contributed by atoms with Crippen molar-refractivity contribution in [3.8, 4) is 11.5 Å². The van der Waals surface area contributed by atoms with Crippen molar-refractivity contribution >= 4 is 11.7 Å². The molecular weight excluding hydrogens is 344 g/mol. The summed E-state index contributed by atoms with van der Waals surface area (Å²) in [4.78, 5) is 15.6. The lowest BCUT2D eigenvalue weighted by molar-refractivity contribution is -0.139. The molecule has 27 heavy (non-hydrogen) atoms. The quantitative estimate of drug-likeness (QED) is 0.809. The topological polar surface area (TPSA) is 62.2 Å². The van der Waals surface area contributed by atoms with Crippen molar-refractivity contribution in [2.24, 2.45) is 0 Å². The van der Waals surface area contributed by atoms with Crippen LogP contribution in [0.1, 0.15) is 12.5 Å². The van der Waals surface area contributed by atoms with Gasteiger partial charge in [0.2, 0.25) is 0 Å². The number of anilines is 1. The van der Waals surface area contributed by atoms with Crippen molar-refractivity contribution in [1.82, 2.24) is 4.90 Å². The molecule has 1 aliphatic rings. The number of rotatable bonds is 7. The molecule has 0 bridgehead atoms. The van der Waals surface area contributed by atoms with Crippen molar-refractivity contribution in [2.75, 3.05) is 38.3 Å². The molecule has 2 aromatic carbocycles. The van der Waals surface area contributed by atoms with Crippen LogP contribution in [0.2, 0.25) is 0 Å². The molecule has 0 aliphatic carbocycles. The summed E-state index contributed by atoms with van der Waals surface area (Å²) in [6.07, 6.45) is 0. The molecule has 0 unspecified atom stereocenters. The molecule has 1 saturated heterocycles. The summed E-state index contributed by atoms with van der Waals surface area (Å²) in [6.45, 7) is 5.56. The average Bonchev–Trinajstić information content (AvgIpc) is 2.68. The Labute approximate surface area is 159 Å². The summed E-state index contributed by atoms with van der Waals surface area (Å²) in [5.74, 6) is 0.00281. The van der Waals surface area contributed by atoms with Crippen LogP contribution in [-0.4, -0.2) is 55.4 Å². The number of methoxy groups -OCH3 is 1. The lowest BCUT2D eigenvalue weighted by Crippen LogP contribution is -2.51. The van der Waals surface area contributed by atoms with Gasteiger partial charge in [0.1, 0.15) is 0 Å². The van der Waals surface area contributed by atoms with Crippen LogP contribution in [0.25, 0.3) is 0 Å². The second-order valence-corrected chi connectivity index (χ2v) is 6.77. The number of carboxylic acids is 1. The van der Waals surface area contributed by atoms with Gasteiger partial charge in [-0.05, 0) is 36.8 Å². The van der Waals surface area contributed by atoms with E-state index < -0.39 is 5.97 Å². The molecule has 1 aliphatic heterocycles. The summed E-state index contributed by atoms with van der Waals surface area (Å²) in [6, 6.07) is 16.6. The largest absolute Gasteiger partial charge is 0.493 e. The van der Waals surface area contributed by atoms with Crippen molar-refractivity contribution in [1.29, 1.82) is 0 Å². The first kappa shape index (κ1) is 19.0. The highest BCUT2D eigenvalue weighted by Gasteiger charge is 2.24. The molecule has 0 amide bonds. The van der Waals surface area contributed by atoms with Crippen LogP contribution in [0.3, 0.4) is 0 Å². The summed E-state index contributed by atoms with van der Waals surface area (Å²) >= 11 is 0. The summed E-state index contributed by atoms with van der Waals surface area (Å²) in [5.41, 5.74) is 2.34. The third-order valence-electron chi connectivity index (χ3n) is 4.85. The molecule has 1 N–H and O–H groups in total. The van der Waals surface area contributed by atoms with Crippen LogP contribution in [0, 0.1) is 0 Å². The fourth-order valence-electron chi connectivity index (χ4n) is 3.41. The second kappa shape index (κ2) is 8.77. The minimum Gasteiger partial charge on any atom is -0.493 e. The van der Waals surface area contributed by atoms with Crippen molar-refractivity contribution < 1.29 is 19.4 Å². The highest BCUT2D eigenvalue weighted by atomic mass is 16.5. The van der Waals surface area contributed by atoms with E-state index in [2.05, 4.69) is 41.0 Å². The fraction of sp³-hybridized carbons (Fsp3) is 0.381. The van der Waals surface area contributed by atoms with Crippen LogP contribution in [0.5, 0.6) is 11.5 Å². The summed E-state index contributed by atoms with van der Waals surface area (Å²) in [5, 5.41) is 8.84. The van der Waals surface area contributed by atoms with Crippen molar-refractivity contribution in [3.63, 3.8) is 0 Å². The van der Waals surface area contributed by atoms with E-state index in [4.69, 9.17) is 14.6 Å². The molecule has 144 valence electrons. The van der Waals surface area contributed by atoms with Gasteiger partial charge >= 0.3 is 5.97 Å². The lowest BCUT2D eigenvalue weighted by Gasteiger charge is -2.41. The number of para-hydroxylation sites is 1. The summed E-state index contributed by atoms with van der Waals surface area (Å²) < 4.78 is 10.6. The molecule has 1 heterocycles. The molecule has 0 aromatic heterocycles. The molecule has 1 atom stereocenters. The number of hydrogen-bond acceptors (Lipinski definition) is 5. The Kier molecular flexibility index (Phi) is 6.19. The van der Waals surface area contributed by atoms with Gasteiger partial charge in [-0.2, -0.15) is 0 Å². The highest BCUT2D eigenvalue weighted by molar-refractivity contribution is 5.68. The predicted octanol–water partition coefficient (Wildman–Crippen LogP) is 2.87. The van der Waals surface area contributed by atoms with Crippen molar-refractivity contribution in [2.45, 2.75) is 19.5 Å². The van der Waals surface area contributed by atoms with E-state index in [-0.39, 0.29) is 6.61 Å². The Bertz CT molecular complexity index is 766. The number of aliphatic carboxylic acids is 1. The van der Waals surface area contributed by atoms with Crippen molar-refractivity contribution in [3.05, 3.63) is 54.1 Å². The molecule has 0 saturated carbocycles. The zero-order valence-electron chi connectivity index (χ0n) is 15.8. The third-order valence-corrected chi connectivity index (χ3v) is 4.85. The van der Waals surface area contributed by atoms with E-state index in [9.17, 15) is 4.79 Å². The van der Waals surface area contributed by atoms with E-state index in [1.807, 2.05) is 24.3 Å². The maximum Gasteiger partial charge on any atom is 0.341 e. The van der Waals surface area contributed by atoms with Gasteiger partial charge in [-0.25, -0.2) is 4.79 Å². The molecule has 2 aromatic rings. The van der Waals surface area contributed by atoms with E-state index in [0.717, 1.165) is 31.7 Å². The van der Waals surface area contributed by atoms with E-state index >= 15 is 0 Å². The SMILES string of the molecule is COc1ccc(CN2CCN(c3ccccc3)C[C@H]2C)cc1OCC(=O)O. The lowest BCUT2D eigenvalue weighted by atomic mass is 10.1. The standard InChI is InChI=1S/C21H26N2O4/c1-16-13-23(18-6-4-3-5-7-18)11-10-22(16)14-17-8-9-19(26-2)20(12-17)27-15-21(24)25/h3-9,12,16H,10-11,13-15H2,1-2H3,(H,24,25)/t16-/m1/s1. The number of benzene rings is 2. The Morgan fingerprint density at radius 3 is 2.59 bits per heavy atom. The van der Waals surface area contributed by atoms with E-state index in [1.54, 1.807) is 7.11 Å². The van der Waals surface area contributed by atoms with Gasteiger partial charge in [0.05, 0.1) is 7.11 Å². The Morgan fingerprint density at radius 1 is 1.15 bits per heavy atom. The first-order valence-corrected chi connectivity index (χ1v) is 9.12. The highest BCUT2D eigenvalue weighted by Crippen LogP contribution is 2.29. The zero-order valence-corrected chi connectivity index (χ0v) is 15.8. The zero-order chi connectivity index (χ0) is 19.2. The number of ether oxygens (including phenoxy) is 2. The van der Waals surface area contributed by atoms with E-state index in [0.29, 0.717) is 17.5 Å². The second-order valence-electron chi connectivity index (χ2n) is 6.77. The minimum atomic E-state index is -1.01. The minimum absolute atomic E-state index is 0.383. The Balaban J connectivity index is 1.65. The van der Waals surface area contributed by atoms with E-state index in [1.165, 1.54) is 5.69 Å². The van der Waals surface area contributed by atoms with Crippen LogP contribution in [-0.2, 0) is 11.3 Å². The molecule has 3 rings (SSSR count). The Morgan fingerprint density at radius 2 is 1.93 bits per heavy atom. The molecule has 0 spiro atoms. The van der Waals surface area contributed by atoms with Gasteiger partial charge in [0.15, 0.2) is 18.1 Å². The van der Waals surface area contributed by atoms with Crippen LogP contribution < -0.4 is 14.4 Å². The number of piperazine rings is 1. The number of nitrogens with zero attached hydrogens (tertiary/aromatic N) is 2. The van der Waals surface area contributed by atoms with Crippen LogP contribution in [0.4, 0.5) is 5.69 Å². The van der Waals surface area contributed by atoms with Crippen LogP contribution in [0.15, 0.2) is 48.5 Å². The molecular formula is C21H26N2O4. The molecule has 6 nitrogen and oxygen atoms in total.